The summed E-state index contributed by atoms with van der Waals surface area (Å²) < 4.78 is 34.1. The Hall–Kier alpha value is -0.930. The molecule has 0 saturated carbocycles. The molecule has 0 fully saturated rings. The average Bonchev–Trinajstić information content (AvgIpc) is 2.29. The Morgan fingerprint density at radius 1 is 1.45 bits per heavy atom. The van der Waals surface area contributed by atoms with Crippen molar-refractivity contribution in [2.75, 3.05) is 34.6 Å². The molecule has 0 heterocycles. The number of anilines is 2. The van der Waals surface area contributed by atoms with Gasteiger partial charge in [-0.15, -0.1) is 0 Å². The predicted molar refractivity (Wildman–Crippen MR) is 84.8 cm³/mol. The number of nitrogens with two attached hydrogens (primary N) is 1. The van der Waals surface area contributed by atoms with Crippen LogP contribution in [0, 0.1) is 0 Å². The third-order valence-corrected chi connectivity index (χ3v) is 5.34. The molecule has 0 aromatic heterocycles. The lowest BCUT2D eigenvalue weighted by molar-refractivity contribution is -0.113. The molecule has 1 rings (SSSR count). The van der Waals surface area contributed by atoms with E-state index >= 15 is 0 Å². The Kier molecular flexibility index (Phi) is 6.15. The van der Waals surface area contributed by atoms with Crippen molar-refractivity contribution in [2.45, 2.75) is 0 Å². The summed E-state index contributed by atoms with van der Waals surface area (Å²) in [7, 11) is -4.68. The summed E-state index contributed by atoms with van der Waals surface area (Å²) in [6, 6.07) is 4.88. The highest BCUT2D eigenvalue weighted by molar-refractivity contribution is 9.10. The topological polar surface area (TPSA) is 106 Å². The van der Waals surface area contributed by atoms with Crippen LogP contribution in [0.3, 0.4) is 0 Å². The van der Waals surface area contributed by atoms with Crippen LogP contribution in [-0.4, -0.2) is 42.0 Å². The lowest BCUT2D eigenvalue weighted by atomic mass is 10.3. The number of hydrogen-bond acceptors (Lipinski definition) is 5. The first-order chi connectivity index (χ1) is 9.17. The van der Waals surface area contributed by atoms with Crippen molar-refractivity contribution >= 4 is 53.8 Å². The molecule has 0 radical (unpaired) electrons. The number of nitrogen functional groups attached to an aromatic ring is 1. The highest BCUT2D eigenvalue weighted by Gasteiger charge is 2.12. The minimum Gasteiger partial charge on any atom is -0.399 e. The van der Waals surface area contributed by atoms with Gasteiger partial charge in [0.2, 0.25) is 5.91 Å². The van der Waals surface area contributed by atoms with E-state index in [1.54, 1.807) is 18.2 Å². The van der Waals surface area contributed by atoms with Crippen molar-refractivity contribution in [1.82, 2.24) is 0 Å². The lowest BCUT2D eigenvalue weighted by Gasteiger charge is -2.08. The molecular formula is C11H15BrN2O4S2. The van der Waals surface area contributed by atoms with Crippen molar-refractivity contribution < 1.29 is 17.4 Å². The molecule has 1 unspecified atom stereocenters. The molecule has 1 aromatic rings. The van der Waals surface area contributed by atoms with Gasteiger partial charge in [-0.05, 0) is 34.1 Å². The van der Waals surface area contributed by atoms with E-state index in [-0.39, 0.29) is 17.3 Å². The normalized spacial score (nSPS) is 12.9. The minimum absolute atomic E-state index is 0.0465. The molecule has 0 bridgehead atoms. The molecule has 9 heteroatoms. The molecule has 0 saturated heterocycles. The van der Waals surface area contributed by atoms with E-state index in [0.29, 0.717) is 15.8 Å². The maximum absolute atomic E-state index is 11.7. The molecule has 1 atom stereocenters. The van der Waals surface area contributed by atoms with Crippen LogP contribution in [0.25, 0.3) is 0 Å². The largest absolute Gasteiger partial charge is 0.399 e. The Bertz CT molecular complexity index is 631. The van der Waals surface area contributed by atoms with Gasteiger partial charge < -0.3 is 11.1 Å². The number of hydrogen-bond donors (Lipinski definition) is 2. The van der Waals surface area contributed by atoms with Gasteiger partial charge in [-0.3, -0.25) is 9.00 Å². The second-order valence-electron chi connectivity index (χ2n) is 4.21. The van der Waals surface area contributed by atoms with Gasteiger partial charge in [-0.1, -0.05) is 0 Å². The first kappa shape index (κ1) is 17.1. The monoisotopic (exact) mass is 382 g/mol. The zero-order chi connectivity index (χ0) is 15.3. The molecule has 0 aliphatic carbocycles. The van der Waals surface area contributed by atoms with Crippen LogP contribution in [0.15, 0.2) is 22.7 Å². The average molecular weight is 383 g/mol. The van der Waals surface area contributed by atoms with Crippen molar-refractivity contribution in [1.29, 1.82) is 0 Å². The molecule has 1 aromatic carbocycles. The quantitative estimate of drug-likeness (QED) is 0.706. The molecule has 0 spiro atoms. The maximum Gasteiger partial charge on any atom is 0.237 e. The lowest BCUT2D eigenvalue weighted by Crippen LogP contribution is -2.23. The van der Waals surface area contributed by atoms with Crippen LogP contribution < -0.4 is 11.1 Å². The molecule has 0 aliphatic heterocycles. The predicted octanol–water partition coefficient (Wildman–Crippen LogP) is 0.763. The summed E-state index contributed by atoms with van der Waals surface area (Å²) in [6.07, 6.45) is 1.07. The fourth-order valence-electron chi connectivity index (χ4n) is 1.28. The minimum atomic E-state index is -3.17. The Labute approximate surface area is 128 Å². The fraction of sp³-hybridized carbons (Fsp3) is 0.364. The van der Waals surface area contributed by atoms with Gasteiger partial charge in [-0.2, -0.15) is 0 Å². The second-order valence-corrected chi connectivity index (χ2v) is 8.90. The van der Waals surface area contributed by atoms with Crippen molar-refractivity contribution in [2.24, 2.45) is 0 Å². The summed E-state index contributed by atoms with van der Waals surface area (Å²) in [5, 5.41) is 2.58. The molecule has 6 nitrogen and oxygen atoms in total. The number of sulfone groups is 1. The van der Waals surface area contributed by atoms with Crippen LogP contribution in [0.5, 0.6) is 0 Å². The second kappa shape index (κ2) is 7.19. The van der Waals surface area contributed by atoms with Gasteiger partial charge in [0.05, 0.1) is 11.4 Å². The van der Waals surface area contributed by atoms with E-state index in [1.165, 1.54) is 0 Å². The van der Waals surface area contributed by atoms with E-state index in [1.807, 2.05) is 0 Å². The summed E-state index contributed by atoms with van der Waals surface area (Å²) >= 11 is 3.25. The highest BCUT2D eigenvalue weighted by Crippen LogP contribution is 2.24. The van der Waals surface area contributed by atoms with Crippen molar-refractivity contribution in [3.63, 3.8) is 0 Å². The van der Waals surface area contributed by atoms with Crippen LogP contribution >= 0.6 is 15.9 Å². The van der Waals surface area contributed by atoms with E-state index in [2.05, 4.69) is 21.2 Å². The van der Waals surface area contributed by atoms with Gasteiger partial charge in [-0.25, -0.2) is 8.42 Å². The number of carbonyl (C=O) groups is 1. The number of amides is 1. The van der Waals surface area contributed by atoms with E-state index in [4.69, 9.17) is 5.73 Å². The van der Waals surface area contributed by atoms with E-state index < -0.39 is 26.5 Å². The standard InChI is InChI=1S/C11H15BrN2O4S2/c1-20(17,18)5-4-19(16)7-11(15)14-10-3-2-8(13)6-9(10)12/h2-3,6H,4-5,7,13H2,1H3,(H,14,15). The van der Waals surface area contributed by atoms with Crippen LogP contribution in [0.4, 0.5) is 11.4 Å². The van der Waals surface area contributed by atoms with Crippen LogP contribution in [0.1, 0.15) is 0 Å². The van der Waals surface area contributed by atoms with E-state index in [9.17, 15) is 17.4 Å². The summed E-state index contributed by atoms with van der Waals surface area (Å²) in [5.74, 6) is -0.928. The number of benzene rings is 1. The van der Waals surface area contributed by atoms with Crippen molar-refractivity contribution in [3.05, 3.63) is 22.7 Å². The molecule has 0 aliphatic rings. The maximum atomic E-state index is 11.7. The third-order valence-electron chi connectivity index (χ3n) is 2.24. The van der Waals surface area contributed by atoms with E-state index in [0.717, 1.165) is 6.26 Å². The zero-order valence-corrected chi connectivity index (χ0v) is 14.0. The smallest absolute Gasteiger partial charge is 0.237 e. The molecule has 1 amide bonds. The molecule has 3 N–H and O–H groups in total. The van der Waals surface area contributed by atoms with Crippen LogP contribution in [-0.2, 0) is 25.4 Å². The Morgan fingerprint density at radius 3 is 2.65 bits per heavy atom. The molecular weight excluding hydrogens is 368 g/mol. The Morgan fingerprint density at radius 2 is 2.10 bits per heavy atom. The fourth-order valence-corrected chi connectivity index (χ4v) is 4.24. The number of rotatable bonds is 6. The van der Waals surface area contributed by atoms with Gasteiger partial charge in [0.15, 0.2) is 0 Å². The number of nitrogens with one attached hydrogen (secondary N) is 1. The first-order valence-corrected chi connectivity index (χ1v) is 9.89. The SMILES string of the molecule is CS(=O)(=O)CCS(=O)CC(=O)Nc1ccc(N)cc1Br. The molecule has 112 valence electrons. The van der Waals surface area contributed by atoms with Gasteiger partial charge in [0.1, 0.15) is 15.6 Å². The molecule has 20 heavy (non-hydrogen) atoms. The van der Waals surface area contributed by atoms with Crippen LogP contribution in [0.2, 0.25) is 0 Å². The third kappa shape index (κ3) is 6.49. The number of halogens is 1. The number of carbonyl (C=O) groups excluding carboxylic acids is 1. The summed E-state index contributed by atoms with van der Waals surface area (Å²) in [6.45, 7) is 0. The Balaban J connectivity index is 2.53. The zero-order valence-electron chi connectivity index (χ0n) is 10.8. The van der Waals surface area contributed by atoms with Gasteiger partial charge >= 0.3 is 0 Å². The first-order valence-electron chi connectivity index (χ1n) is 5.55. The summed E-state index contributed by atoms with van der Waals surface area (Å²) in [5.41, 5.74) is 6.64. The van der Waals surface area contributed by atoms with Gasteiger partial charge in [0, 0.05) is 33.0 Å². The summed E-state index contributed by atoms with van der Waals surface area (Å²) in [4.78, 5) is 11.7. The van der Waals surface area contributed by atoms with Gasteiger partial charge in [0.25, 0.3) is 0 Å². The van der Waals surface area contributed by atoms with Crippen molar-refractivity contribution in [3.8, 4) is 0 Å². The highest BCUT2D eigenvalue weighted by atomic mass is 79.9.